The van der Waals surface area contributed by atoms with Gasteiger partial charge in [-0.15, -0.1) is 0 Å². The Bertz CT molecular complexity index is 293. The number of aliphatic carboxylic acids is 1. The van der Waals surface area contributed by atoms with Gasteiger partial charge in [0.15, 0.2) is 0 Å². The lowest BCUT2D eigenvalue weighted by Crippen LogP contribution is -2.25. The van der Waals surface area contributed by atoms with E-state index >= 15 is 0 Å². The third-order valence-electron chi connectivity index (χ3n) is 2.07. The molecular formula is C9H13NO3. The summed E-state index contributed by atoms with van der Waals surface area (Å²) in [7, 11) is 0. The molecule has 1 atom stereocenters. The molecule has 0 aliphatic rings. The lowest BCUT2D eigenvalue weighted by Gasteiger charge is -2.07. The number of carbonyl (C=O) groups is 1. The number of carboxylic acids is 1. The Balaban J connectivity index is 2.67. The van der Waals surface area contributed by atoms with E-state index < -0.39 is 11.9 Å². The summed E-state index contributed by atoms with van der Waals surface area (Å²) in [4.78, 5) is 10.7. The van der Waals surface area contributed by atoms with Crippen LogP contribution in [0.15, 0.2) is 16.7 Å². The summed E-state index contributed by atoms with van der Waals surface area (Å²) < 4.78 is 5.06. The molecule has 1 aromatic rings. The Morgan fingerprint density at radius 3 is 2.85 bits per heavy atom. The van der Waals surface area contributed by atoms with Crippen molar-refractivity contribution in [2.45, 2.75) is 13.3 Å². The third kappa shape index (κ3) is 2.32. The standard InChI is InChI=1S/C9H13NO3/c1-6-7(2-3-13-6)4-8(5-10)9(11)12/h2-3,8H,4-5,10H2,1H3,(H,11,12). The molecule has 1 rings (SSSR count). The number of hydrogen-bond donors (Lipinski definition) is 2. The van der Waals surface area contributed by atoms with Crippen molar-refractivity contribution in [1.29, 1.82) is 0 Å². The molecule has 4 heteroatoms. The van der Waals surface area contributed by atoms with E-state index in [0.29, 0.717) is 6.42 Å². The number of carboxylic acid groups (broad SMARTS) is 1. The van der Waals surface area contributed by atoms with Gasteiger partial charge in [0.2, 0.25) is 0 Å². The lowest BCUT2D eigenvalue weighted by atomic mass is 10.0. The van der Waals surface area contributed by atoms with Gasteiger partial charge in [0.25, 0.3) is 0 Å². The first kappa shape index (κ1) is 9.80. The van der Waals surface area contributed by atoms with Gasteiger partial charge in [-0.1, -0.05) is 0 Å². The summed E-state index contributed by atoms with van der Waals surface area (Å²) in [5, 5.41) is 8.75. The molecule has 1 aromatic heterocycles. The first-order valence-corrected chi connectivity index (χ1v) is 4.11. The van der Waals surface area contributed by atoms with Gasteiger partial charge in [-0.05, 0) is 25.0 Å². The Morgan fingerprint density at radius 1 is 1.77 bits per heavy atom. The predicted molar refractivity (Wildman–Crippen MR) is 47.3 cm³/mol. The first-order chi connectivity index (χ1) is 6.15. The molecule has 0 radical (unpaired) electrons. The van der Waals surface area contributed by atoms with Crippen LogP contribution in [0.25, 0.3) is 0 Å². The second-order valence-electron chi connectivity index (χ2n) is 2.98. The molecule has 1 unspecified atom stereocenters. The van der Waals surface area contributed by atoms with Crippen LogP contribution in [0.3, 0.4) is 0 Å². The molecular weight excluding hydrogens is 170 g/mol. The summed E-state index contributed by atoms with van der Waals surface area (Å²) in [5.41, 5.74) is 6.24. The molecule has 0 spiro atoms. The number of rotatable bonds is 4. The summed E-state index contributed by atoms with van der Waals surface area (Å²) in [5.74, 6) is -0.612. The molecule has 72 valence electrons. The number of aryl methyl sites for hydroxylation is 1. The van der Waals surface area contributed by atoms with Crippen LogP contribution in [0.5, 0.6) is 0 Å². The predicted octanol–water partition coefficient (Wildman–Crippen LogP) is 0.790. The average Bonchev–Trinajstić information content (AvgIpc) is 2.46. The molecule has 4 nitrogen and oxygen atoms in total. The van der Waals surface area contributed by atoms with E-state index in [-0.39, 0.29) is 6.54 Å². The van der Waals surface area contributed by atoms with E-state index in [1.165, 1.54) is 0 Å². The number of nitrogens with two attached hydrogens (primary N) is 1. The van der Waals surface area contributed by atoms with Gasteiger partial charge in [0.1, 0.15) is 5.76 Å². The Labute approximate surface area is 76.3 Å². The van der Waals surface area contributed by atoms with Gasteiger partial charge >= 0.3 is 5.97 Å². The minimum atomic E-state index is -0.858. The summed E-state index contributed by atoms with van der Waals surface area (Å²) in [6.45, 7) is 1.96. The fourth-order valence-electron chi connectivity index (χ4n) is 1.16. The van der Waals surface area contributed by atoms with Crippen LogP contribution >= 0.6 is 0 Å². The van der Waals surface area contributed by atoms with Gasteiger partial charge in [0, 0.05) is 6.54 Å². The first-order valence-electron chi connectivity index (χ1n) is 4.11. The van der Waals surface area contributed by atoms with Crippen LogP contribution in [0.2, 0.25) is 0 Å². The van der Waals surface area contributed by atoms with Crippen LogP contribution in [0.1, 0.15) is 11.3 Å². The highest BCUT2D eigenvalue weighted by molar-refractivity contribution is 5.70. The maximum atomic E-state index is 10.7. The molecule has 3 N–H and O–H groups in total. The highest BCUT2D eigenvalue weighted by Gasteiger charge is 2.17. The van der Waals surface area contributed by atoms with Gasteiger partial charge in [0.05, 0.1) is 12.2 Å². The molecule has 0 amide bonds. The summed E-state index contributed by atoms with van der Waals surface area (Å²) in [6.07, 6.45) is 1.99. The zero-order valence-electron chi connectivity index (χ0n) is 7.49. The topological polar surface area (TPSA) is 76.5 Å². The second-order valence-corrected chi connectivity index (χ2v) is 2.98. The van der Waals surface area contributed by atoms with Crippen molar-refractivity contribution < 1.29 is 14.3 Å². The smallest absolute Gasteiger partial charge is 0.308 e. The van der Waals surface area contributed by atoms with Gasteiger partial charge in [-0.3, -0.25) is 4.79 Å². The molecule has 0 aliphatic heterocycles. The van der Waals surface area contributed by atoms with Crippen molar-refractivity contribution in [2.75, 3.05) is 6.54 Å². The molecule has 13 heavy (non-hydrogen) atoms. The molecule has 0 saturated heterocycles. The summed E-state index contributed by atoms with van der Waals surface area (Å²) in [6, 6.07) is 1.78. The van der Waals surface area contributed by atoms with Crippen molar-refractivity contribution in [1.82, 2.24) is 0 Å². The summed E-state index contributed by atoms with van der Waals surface area (Å²) >= 11 is 0. The fraction of sp³-hybridized carbons (Fsp3) is 0.444. The van der Waals surface area contributed by atoms with E-state index in [2.05, 4.69) is 0 Å². The molecule has 0 aromatic carbocycles. The van der Waals surface area contributed by atoms with E-state index in [1.54, 1.807) is 12.3 Å². The van der Waals surface area contributed by atoms with Crippen molar-refractivity contribution in [3.05, 3.63) is 23.7 Å². The Kier molecular flexibility index (Phi) is 3.08. The highest BCUT2D eigenvalue weighted by atomic mass is 16.4. The Hall–Kier alpha value is -1.29. The van der Waals surface area contributed by atoms with Crippen LogP contribution in [-0.4, -0.2) is 17.6 Å². The SMILES string of the molecule is Cc1occc1CC(CN)C(=O)O. The average molecular weight is 183 g/mol. The fourth-order valence-corrected chi connectivity index (χ4v) is 1.16. The van der Waals surface area contributed by atoms with Crippen LogP contribution in [0.4, 0.5) is 0 Å². The van der Waals surface area contributed by atoms with Crippen LogP contribution in [0, 0.1) is 12.8 Å². The van der Waals surface area contributed by atoms with Crippen LogP contribution < -0.4 is 5.73 Å². The molecule has 0 aliphatic carbocycles. The van der Waals surface area contributed by atoms with Crippen LogP contribution in [-0.2, 0) is 11.2 Å². The third-order valence-corrected chi connectivity index (χ3v) is 2.07. The van der Waals surface area contributed by atoms with E-state index in [4.69, 9.17) is 15.3 Å². The maximum Gasteiger partial charge on any atom is 0.308 e. The second kappa shape index (κ2) is 4.09. The normalized spacial score (nSPS) is 12.8. The minimum Gasteiger partial charge on any atom is -0.481 e. The van der Waals surface area contributed by atoms with Crippen molar-refractivity contribution in [3.63, 3.8) is 0 Å². The van der Waals surface area contributed by atoms with Gasteiger partial charge < -0.3 is 15.3 Å². The number of hydrogen-bond acceptors (Lipinski definition) is 3. The van der Waals surface area contributed by atoms with Crippen molar-refractivity contribution in [3.8, 4) is 0 Å². The largest absolute Gasteiger partial charge is 0.481 e. The molecule has 1 heterocycles. The lowest BCUT2D eigenvalue weighted by molar-refractivity contribution is -0.141. The van der Waals surface area contributed by atoms with Gasteiger partial charge in [-0.25, -0.2) is 0 Å². The maximum absolute atomic E-state index is 10.7. The number of furan rings is 1. The highest BCUT2D eigenvalue weighted by Crippen LogP contribution is 2.13. The molecule has 0 saturated carbocycles. The quantitative estimate of drug-likeness (QED) is 0.723. The van der Waals surface area contributed by atoms with E-state index in [1.807, 2.05) is 6.92 Å². The van der Waals surface area contributed by atoms with Crippen molar-refractivity contribution in [2.24, 2.45) is 11.7 Å². The minimum absolute atomic E-state index is 0.153. The van der Waals surface area contributed by atoms with Gasteiger partial charge in [-0.2, -0.15) is 0 Å². The van der Waals surface area contributed by atoms with Crippen molar-refractivity contribution >= 4 is 5.97 Å². The zero-order valence-corrected chi connectivity index (χ0v) is 7.49. The van der Waals surface area contributed by atoms with E-state index in [9.17, 15) is 4.79 Å². The monoisotopic (exact) mass is 183 g/mol. The van der Waals surface area contributed by atoms with E-state index in [0.717, 1.165) is 11.3 Å². The molecule has 0 fully saturated rings. The zero-order chi connectivity index (χ0) is 9.84. The Morgan fingerprint density at radius 2 is 2.46 bits per heavy atom. The molecule has 0 bridgehead atoms.